The summed E-state index contributed by atoms with van der Waals surface area (Å²) in [6, 6.07) is 6.70. The van der Waals surface area contributed by atoms with E-state index >= 15 is 0 Å². The number of alkyl halides is 2. The van der Waals surface area contributed by atoms with Gasteiger partial charge in [0.05, 0.1) is 12.2 Å². The van der Waals surface area contributed by atoms with E-state index in [1.54, 1.807) is 31.2 Å². The predicted octanol–water partition coefficient (Wildman–Crippen LogP) is 3.18. The van der Waals surface area contributed by atoms with Crippen LogP contribution in [0.3, 0.4) is 0 Å². The first-order valence-electron chi connectivity index (χ1n) is 6.15. The van der Waals surface area contributed by atoms with Gasteiger partial charge in [0.25, 0.3) is 6.43 Å². The Kier molecular flexibility index (Phi) is 4.42. The molecular weight excluding hydrogens is 282 g/mol. The Morgan fingerprint density at radius 2 is 2.10 bits per heavy atom. The first-order chi connectivity index (χ1) is 10.0. The molecule has 0 saturated heterocycles. The second-order valence-electron chi connectivity index (χ2n) is 4.03. The highest BCUT2D eigenvalue weighted by atomic mass is 19.3. The lowest BCUT2D eigenvalue weighted by molar-refractivity contribution is 0.0681. The molecule has 5 nitrogen and oxygen atoms in total. The average Bonchev–Trinajstić information content (AvgIpc) is 2.47. The van der Waals surface area contributed by atoms with Gasteiger partial charge in [-0.1, -0.05) is 12.1 Å². The number of hydrogen-bond acceptors (Lipinski definition) is 4. The smallest absolute Gasteiger partial charge is 0.339 e. The second-order valence-corrected chi connectivity index (χ2v) is 4.03. The van der Waals surface area contributed by atoms with Gasteiger partial charge in [0.15, 0.2) is 5.82 Å². The van der Waals surface area contributed by atoms with E-state index in [0.717, 1.165) is 6.20 Å². The summed E-state index contributed by atoms with van der Waals surface area (Å²) in [4.78, 5) is 18.4. The van der Waals surface area contributed by atoms with Crippen molar-refractivity contribution in [3.05, 3.63) is 41.7 Å². The van der Waals surface area contributed by atoms with Gasteiger partial charge in [-0.15, -0.1) is 0 Å². The van der Waals surface area contributed by atoms with Crippen LogP contribution in [-0.4, -0.2) is 27.7 Å². The number of hydrogen-bond donors (Lipinski definition) is 1. The molecule has 1 aromatic carbocycles. The van der Waals surface area contributed by atoms with Crippen molar-refractivity contribution in [3.63, 3.8) is 0 Å². The van der Waals surface area contributed by atoms with E-state index < -0.39 is 23.7 Å². The van der Waals surface area contributed by atoms with Crippen molar-refractivity contribution in [1.82, 2.24) is 9.97 Å². The average molecular weight is 294 g/mol. The Morgan fingerprint density at radius 1 is 1.38 bits per heavy atom. The van der Waals surface area contributed by atoms with Gasteiger partial charge in [-0.05, 0) is 19.1 Å². The van der Waals surface area contributed by atoms with Gasteiger partial charge in [0, 0.05) is 6.20 Å². The zero-order valence-electron chi connectivity index (χ0n) is 11.1. The van der Waals surface area contributed by atoms with E-state index in [-0.39, 0.29) is 5.82 Å². The zero-order chi connectivity index (χ0) is 15.4. The van der Waals surface area contributed by atoms with Crippen molar-refractivity contribution in [1.29, 1.82) is 0 Å². The molecule has 0 unspecified atom stereocenters. The van der Waals surface area contributed by atoms with Crippen LogP contribution in [-0.2, 0) is 0 Å². The minimum Gasteiger partial charge on any atom is -0.493 e. The maximum atomic E-state index is 12.9. The lowest BCUT2D eigenvalue weighted by Crippen LogP contribution is -2.08. The fourth-order valence-corrected chi connectivity index (χ4v) is 1.79. The topological polar surface area (TPSA) is 72.3 Å². The SMILES string of the molecule is CCOc1ccccc1-c1ncc(C(=O)O)c(C(F)F)n1. The summed E-state index contributed by atoms with van der Waals surface area (Å²) in [6.45, 7) is 2.18. The maximum absolute atomic E-state index is 12.9. The standard InChI is InChI=1S/C14H12F2N2O3/c1-2-21-10-6-4-3-5-8(10)13-17-7-9(14(19)20)11(18-13)12(15)16/h3-7,12H,2H2,1H3,(H,19,20). The third kappa shape index (κ3) is 3.13. The van der Waals surface area contributed by atoms with Gasteiger partial charge in [0.2, 0.25) is 0 Å². The highest BCUT2D eigenvalue weighted by Gasteiger charge is 2.22. The summed E-state index contributed by atoms with van der Waals surface area (Å²) in [7, 11) is 0. The van der Waals surface area contributed by atoms with E-state index in [4.69, 9.17) is 9.84 Å². The highest BCUT2D eigenvalue weighted by Crippen LogP contribution is 2.29. The van der Waals surface area contributed by atoms with Gasteiger partial charge in [-0.2, -0.15) is 0 Å². The number of para-hydroxylation sites is 1. The van der Waals surface area contributed by atoms with Crippen LogP contribution in [0, 0.1) is 0 Å². The summed E-state index contributed by atoms with van der Waals surface area (Å²) in [5.41, 5.74) is -0.986. The zero-order valence-corrected chi connectivity index (χ0v) is 11.1. The molecule has 0 aliphatic carbocycles. The van der Waals surface area contributed by atoms with E-state index in [0.29, 0.717) is 17.9 Å². The van der Waals surface area contributed by atoms with E-state index in [9.17, 15) is 13.6 Å². The number of aromatic nitrogens is 2. The number of carboxylic acid groups (broad SMARTS) is 1. The third-order valence-corrected chi connectivity index (χ3v) is 2.68. The molecule has 0 bridgehead atoms. The molecule has 2 rings (SSSR count). The van der Waals surface area contributed by atoms with Gasteiger partial charge in [-0.3, -0.25) is 0 Å². The quantitative estimate of drug-likeness (QED) is 0.917. The lowest BCUT2D eigenvalue weighted by atomic mass is 10.1. The van der Waals surface area contributed by atoms with Crippen molar-refractivity contribution in [2.75, 3.05) is 6.61 Å². The van der Waals surface area contributed by atoms with E-state index in [1.165, 1.54) is 0 Å². The summed E-state index contributed by atoms with van der Waals surface area (Å²) < 4.78 is 31.3. The van der Waals surface area contributed by atoms with Crippen LogP contribution < -0.4 is 4.74 Å². The third-order valence-electron chi connectivity index (χ3n) is 2.68. The van der Waals surface area contributed by atoms with Crippen LogP contribution in [0.25, 0.3) is 11.4 Å². The van der Waals surface area contributed by atoms with Crippen LogP contribution in [0.4, 0.5) is 8.78 Å². The molecule has 0 atom stereocenters. The minimum absolute atomic E-state index is 0.000602. The Hall–Kier alpha value is -2.57. The fraction of sp³-hybridized carbons (Fsp3) is 0.214. The Bertz CT molecular complexity index is 662. The first-order valence-corrected chi connectivity index (χ1v) is 6.15. The van der Waals surface area contributed by atoms with Crippen molar-refractivity contribution in [2.24, 2.45) is 0 Å². The Labute approximate surface area is 119 Å². The molecule has 110 valence electrons. The monoisotopic (exact) mass is 294 g/mol. The Morgan fingerprint density at radius 3 is 2.71 bits per heavy atom. The molecule has 0 fully saturated rings. The molecule has 1 N–H and O–H groups in total. The maximum Gasteiger partial charge on any atom is 0.339 e. The molecule has 0 aliphatic heterocycles. The van der Waals surface area contributed by atoms with Crippen LogP contribution in [0.15, 0.2) is 30.5 Å². The largest absolute Gasteiger partial charge is 0.493 e. The van der Waals surface area contributed by atoms with Crippen molar-refractivity contribution in [3.8, 4) is 17.1 Å². The molecule has 0 saturated carbocycles. The number of carboxylic acids is 1. The number of ether oxygens (including phenoxy) is 1. The van der Waals surface area contributed by atoms with Gasteiger partial charge >= 0.3 is 5.97 Å². The van der Waals surface area contributed by atoms with E-state index in [1.807, 2.05) is 0 Å². The number of halogens is 2. The first kappa shape index (κ1) is 14.8. The number of nitrogens with zero attached hydrogens (tertiary/aromatic N) is 2. The number of benzene rings is 1. The van der Waals surface area contributed by atoms with Crippen molar-refractivity contribution < 1.29 is 23.4 Å². The van der Waals surface area contributed by atoms with Gasteiger partial charge in [-0.25, -0.2) is 23.5 Å². The fourth-order valence-electron chi connectivity index (χ4n) is 1.79. The van der Waals surface area contributed by atoms with Crippen molar-refractivity contribution in [2.45, 2.75) is 13.3 Å². The highest BCUT2D eigenvalue weighted by molar-refractivity contribution is 5.88. The predicted molar refractivity (Wildman–Crippen MR) is 70.6 cm³/mol. The van der Waals surface area contributed by atoms with Crippen LogP contribution in [0.5, 0.6) is 5.75 Å². The molecule has 1 aromatic heterocycles. The van der Waals surface area contributed by atoms with Crippen molar-refractivity contribution >= 4 is 5.97 Å². The van der Waals surface area contributed by atoms with Crippen LogP contribution in [0.2, 0.25) is 0 Å². The molecule has 21 heavy (non-hydrogen) atoms. The van der Waals surface area contributed by atoms with Gasteiger partial charge < -0.3 is 9.84 Å². The molecule has 0 radical (unpaired) electrons. The lowest BCUT2D eigenvalue weighted by Gasteiger charge is -2.10. The number of aromatic carboxylic acids is 1. The number of rotatable bonds is 5. The second kappa shape index (κ2) is 6.25. The normalized spacial score (nSPS) is 10.7. The van der Waals surface area contributed by atoms with Crippen LogP contribution in [0.1, 0.15) is 29.4 Å². The van der Waals surface area contributed by atoms with E-state index in [2.05, 4.69) is 9.97 Å². The van der Waals surface area contributed by atoms with Gasteiger partial charge in [0.1, 0.15) is 17.0 Å². The molecule has 0 aliphatic rings. The Balaban J connectivity index is 2.55. The number of carbonyl (C=O) groups is 1. The summed E-state index contributed by atoms with van der Waals surface area (Å²) >= 11 is 0. The summed E-state index contributed by atoms with van der Waals surface area (Å²) in [5, 5.41) is 8.88. The minimum atomic E-state index is -3.00. The van der Waals surface area contributed by atoms with Crippen LogP contribution >= 0.6 is 0 Å². The molecular formula is C14H12F2N2O3. The summed E-state index contributed by atoms with van der Waals surface area (Å²) in [5.74, 6) is -1.04. The molecule has 1 heterocycles. The molecule has 0 amide bonds. The molecule has 7 heteroatoms. The molecule has 2 aromatic rings. The molecule has 0 spiro atoms. The summed E-state index contributed by atoms with van der Waals surface area (Å²) in [6.07, 6.45) is -2.12.